The van der Waals surface area contributed by atoms with Crippen LogP contribution in [0.25, 0.3) is 0 Å². The summed E-state index contributed by atoms with van der Waals surface area (Å²) in [7, 11) is 1.19. The predicted molar refractivity (Wildman–Crippen MR) is 182 cm³/mol. The fourth-order valence-electron chi connectivity index (χ4n) is 9.77. The third-order valence-electron chi connectivity index (χ3n) is 11.7. The van der Waals surface area contributed by atoms with Crippen LogP contribution in [0.3, 0.4) is 0 Å². The number of guanidine groups is 1. The van der Waals surface area contributed by atoms with E-state index in [1.165, 1.54) is 40.2 Å². The Bertz CT molecular complexity index is 1390. The number of hydrogen-bond acceptors (Lipinski definition) is 12. The molecule has 2 aliphatic heterocycles. The van der Waals surface area contributed by atoms with Crippen molar-refractivity contribution in [2.75, 3.05) is 20.3 Å². The van der Waals surface area contributed by atoms with Gasteiger partial charge in [-0.2, -0.15) is 0 Å². The van der Waals surface area contributed by atoms with Crippen molar-refractivity contribution >= 4 is 29.7 Å². The first kappa shape index (κ1) is 39.7. The second kappa shape index (κ2) is 15.8. The number of ether oxygens (including phenoxy) is 3. The molecule has 10 atom stereocenters. The van der Waals surface area contributed by atoms with Gasteiger partial charge in [0.15, 0.2) is 12.1 Å². The lowest BCUT2D eigenvalue weighted by Gasteiger charge is -2.59. The van der Waals surface area contributed by atoms with E-state index >= 15 is 0 Å². The molecule has 10 unspecified atom stereocenters. The third-order valence-corrected chi connectivity index (χ3v) is 11.7. The highest BCUT2D eigenvalue weighted by Gasteiger charge is 2.55. The Kier molecular flexibility index (Phi) is 12.1. The number of aliphatic hydroxyl groups is 3. The second-order valence-electron chi connectivity index (χ2n) is 15.4. The molecule has 0 aromatic heterocycles. The van der Waals surface area contributed by atoms with E-state index in [-0.39, 0.29) is 18.0 Å². The summed E-state index contributed by atoms with van der Waals surface area (Å²) >= 11 is 0. The van der Waals surface area contributed by atoms with Crippen LogP contribution < -0.4 is 27.0 Å². The Morgan fingerprint density at radius 1 is 1.02 bits per heavy atom. The largest absolute Gasteiger partial charge is 0.478 e. The molecule has 52 heavy (non-hydrogen) atoms. The van der Waals surface area contributed by atoms with Crippen molar-refractivity contribution in [3.05, 3.63) is 11.8 Å². The molecule has 6 aliphatic rings. The van der Waals surface area contributed by atoms with E-state index in [0.717, 1.165) is 25.3 Å². The average molecular weight is 739 g/mol. The summed E-state index contributed by atoms with van der Waals surface area (Å²) in [6.07, 6.45) is 0.911. The zero-order valence-corrected chi connectivity index (χ0v) is 30.0. The van der Waals surface area contributed by atoms with Crippen LogP contribution >= 0.6 is 0 Å². The van der Waals surface area contributed by atoms with Crippen LogP contribution in [0.4, 0.5) is 0 Å². The fraction of sp³-hybridized carbons (Fsp3) is 0.794. The number of amides is 2. The molecule has 0 radical (unpaired) electrons. The highest BCUT2D eigenvalue weighted by molar-refractivity contribution is 5.88. The van der Waals surface area contributed by atoms with Crippen molar-refractivity contribution in [3.63, 3.8) is 0 Å². The van der Waals surface area contributed by atoms with Gasteiger partial charge in [0.1, 0.15) is 12.2 Å². The summed E-state index contributed by atoms with van der Waals surface area (Å²) in [6, 6.07) is -3.46. The van der Waals surface area contributed by atoms with Crippen LogP contribution in [0.15, 0.2) is 16.8 Å². The molecule has 4 bridgehead atoms. The minimum Gasteiger partial charge on any atom is -0.478 e. The SMILES string of the molecule is COC(C(O)CO)C1OC(C(=O)O)=CC(N=C(N)NC2(C(=O)O)CC(O)C(NC(C)=O)C(CNC(C)C34CC5CC(CC(C5)C3)C4)O2)C1NC(C)=O. The van der Waals surface area contributed by atoms with Gasteiger partial charge in [0.25, 0.3) is 0 Å². The molecule has 18 heteroatoms. The maximum atomic E-state index is 13.0. The molecule has 4 aliphatic carbocycles. The van der Waals surface area contributed by atoms with Gasteiger partial charge in [0.05, 0.1) is 36.9 Å². The van der Waals surface area contributed by atoms with Crippen LogP contribution in [0, 0.1) is 23.2 Å². The standard InChI is InChI=1S/C34H54N6O12/c1-15(33-9-18-5-19(10-33)7-20(6-18)11-33)36-13-25-27(38-17(3)43)22(44)12-34(52-25,31(48)49)40-32(35)39-21-8-24(30(46)47)51-29(26(21)37-16(2)42)28(50-4)23(45)14-41/h8,15,18-23,25-29,36,41,44-45H,5-7,9-14H2,1-4H3,(H,37,42)(H,38,43)(H,46,47)(H,48,49)(H3,35,39,40). The molecule has 0 aromatic rings. The molecule has 0 spiro atoms. The number of methoxy groups -OCH3 is 1. The van der Waals surface area contributed by atoms with Gasteiger partial charge in [0.2, 0.25) is 23.3 Å². The van der Waals surface area contributed by atoms with Crippen LogP contribution in [-0.2, 0) is 33.4 Å². The van der Waals surface area contributed by atoms with Gasteiger partial charge in [0, 0.05) is 40.0 Å². The van der Waals surface area contributed by atoms with Crippen LogP contribution in [0.2, 0.25) is 0 Å². The number of carboxylic acid groups (broad SMARTS) is 2. The lowest BCUT2D eigenvalue weighted by Crippen LogP contribution is -2.71. The Balaban J connectivity index is 1.41. The summed E-state index contributed by atoms with van der Waals surface area (Å²) < 4.78 is 17.1. The Morgan fingerprint density at radius 3 is 2.10 bits per heavy atom. The summed E-state index contributed by atoms with van der Waals surface area (Å²) in [5, 5.41) is 63.1. The van der Waals surface area contributed by atoms with Gasteiger partial charge in [-0.25, -0.2) is 14.6 Å². The van der Waals surface area contributed by atoms with Crippen LogP contribution in [0.1, 0.15) is 65.7 Å². The summed E-state index contributed by atoms with van der Waals surface area (Å²) in [5.41, 5.74) is 4.04. The number of aliphatic carboxylic acids is 2. The molecule has 18 nitrogen and oxygen atoms in total. The van der Waals surface area contributed by atoms with Crippen molar-refractivity contribution in [2.45, 2.75) is 126 Å². The van der Waals surface area contributed by atoms with Crippen molar-refractivity contribution in [1.29, 1.82) is 0 Å². The summed E-state index contributed by atoms with van der Waals surface area (Å²) in [4.78, 5) is 53.8. The van der Waals surface area contributed by atoms with Gasteiger partial charge < -0.3 is 66.7 Å². The van der Waals surface area contributed by atoms with E-state index in [4.69, 9.17) is 19.9 Å². The number of hydrogen-bond donors (Lipinski definition) is 10. The lowest BCUT2D eigenvalue weighted by molar-refractivity contribution is -0.208. The minimum absolute atomic E-state index is 0.0584. The molecule has 1 saturated heterocycles. The van der Waals surface area contributed by atoms with Gasteiger partial charge in [-0.05, 0) is 74.7 Å². The number of nitrogens with two attached hydrogens (primary N) is 1. The molecule has 2 amide bonds. The monoisotopic (exact) mass is 738 g/mol. The molecular formula is C34H54N6O12. The Labute approximate surface area is 301 Å². The van der Waals surface area contributed by atoms with Crippen molar-refractivity contribution in [2.24, 2.45) is 33.9 Å². The van der Waals surface area contributed by atoms with Gasteiger partial charge >= 0.3 is 11.9 Å². The van der Waals surface area contributed by atoms with Crippen LogP contribution in [0.5, 0.6) is 0 Å². The number of carbonyl (C=O) groups is 4. The van der Waals surface area contributed by atoms with E-state index in [0.29, 0.717) is 17.8 Å². The van der Waals surface area contributed by atoms with Crippen molar-refractivity contribution in [3.8, 4) is 0 Å². The van der Waals surface area contributed by atoms with Gasteiger partial charge in [-0.1, -0.05) is 0 Å². The molecule has 2 heterocycles. The highest BCUT2D eigenvalue weighted by Crippen LogP contribution is 2.61. The molecule has 6 rings (SSSR count). The maximum absolute atomic E-state index is 13.0. The fourth-order valence-corrected chi connectivity index (χ4v) is 9.77. The normalized spacial score (nSPS) is 38.6. The zero-order valence-electron chi connectivity index (χ0n) is 30.0. The molecule has 5 fully saturated rings. The van der Waals surface area contributed by atoms with Crippen molar-refractivity contribution in [1.82, 2.24) is 21.3 Å². The number of carbonyl (C=O) groups excluding carboxylic acids is 2. The highest BCUT2D eigenvalue weighted by atomic mass is 16.6. The molecule has 11 N–H and O–H groups in total. The Hall–Kier alpha value is -3.55. The molecule has 292 valence electrons. The summed E-state index contributed by atoms with van der Waals surface area (Å²) in [5.74, 6) is -3.15. The molecular weight excluding hydrogens is 684 g/mol. The van der Waals surface area contributed by atoms with E-state index in [1.807, 2.05) is 0 Å². The summed E-state index contributed by atoms with van der Waals surface area (Å²) in [6.45, 7) is 3.91. The van der Waals surface area contributed by atoms with Crippen LogP contribution in [-0.4, -0.2) is 136 Å². The van der Waals surface area contributed by atoms with Gasteiger partial charge in [-0.3, -0.25) is 9.59 Å². The second-order valence-corrected chi connectivity index (χ2v) is 15.4. The average Bonchev–Trinajstić information content (AvgIpc) is 3.05. The number of nitrogens with one attached hydrogen (secondary N) is 4. The zero-order chi connectivity index (χ0) is 38.1. The first-order chi connectivity index (χ1) is 24.5. The Morgan fingerprint density at radius 2 is 1.60 bits per heavy atom. The number of nitrogens with zero attached hydrogens (tertiary/aromatic N) is 1. The number of aliphatic hydroxyl groups excluding tert-OH is 3. The molecule has 4 saturated carbocycles. The first-order valence-electron chi connectivity index (χ1n) is 17.9. The first-order valence-corrected chi connectivity index (χ1v) is 17.9. The quantitative estimate of drug-likeness (QED) is 0.0690. The third kappa shape index (κ3) is 8.31. The van der Waals surface area contributed by atoms with Gasteiger partial charge in [-0.15, -0.1) is 0 Å². The number of carboxylic acids is 2. The minimum atomic E-state index is -2.35. The predicted octanol–water partition coefficient (Wildman–Crippen LogP) is -1.87. The van der Waals surface area contributed by atoms with E-state index < -0.39 is 103 Å². The maximum Gasteiger partial charge on any atom is 0.370 e. The molecule has 0 aromatic carbocycles. The number of aliphatic imine (C=N–C) groups is 1. The lowest BCUT2D eigenvalue weighted by atomic mass is 9.48. The van der Waals surface area contributed by atoms with E-state index in [9.17, 15) is 44.7 Å². The smallest absolute Gasteiger partial charge is 0.370 e. The van der Waals surface area contributed by atoms with E-state index in [2.05, 4.69) is 33.2 Å². The van der Waals surface area contributed by atoms with E-state index in [1.54, 1.807) is 0 Å². The van der Waals surface area contributed by atoms with Crippen molar-refractivity contribution < 1.29 is 58.9 Å². The topological polar surface area (TPSA) is 284 Å². The number of rotatable bonds is 14.